The first kappa shape index (κ1) is 7.94. The molecule has 0 aromatic carbocycles. The number of carboxylic acids is 1. The van der Waals surface area contributed by atoms with Crippen molar-refractivity contribution in [1.29, 1.82) is 5.41 Å². The smallest absolute Gasteiger partial charge is 0.322 e. The lowest BCUT2D eigenvalue weighted by Crippen LogP contribution is -2.30. The van der Waals surface area contributed by atoms with Crippen molar-refractivity contribution < 1.29 is 9.90 Å². The Kier molecular flexibility index (Phi) is 2.62. The van der Waals surface area contributed by atoms with Gasteiger partial charge in [0.2, 0.25) is 0 Å². The zero-order chi connectivity index (χ0) is 7.56. The number of nitrogens with one attached hydrogen (secondary N) is 1. The minimum atomic E-state index is -0.879. The van der Waals surface area contributed by atoms with Crippen LogP contribution >= 0.6 is 23.5 Å². The van der Waals surface area contributed by atoms with E-state index in [-0.39, 0.29) is 0 Å². The number of hydrogen-bond acceptors (Lipinski definition) is 4. The summed E-state index contributed by atoms with van der Waals surface area (Å²) in [6, 6.07) is 0. The fourth-order valence-electron chi connectivity index (χ4n) is 0.664. The van der Waals surface area contributed by atoms with E-state index in [1.54, 1.807) is 11.8 Å². The zero-order valence-corrected chi connectivity index (χ0v) is 6.80. The molecule has 0 radical (unpaired) electrons. The molecule has 0 saturated carbocycles. The van der Waals surface area contributed by atoms with Gasteiger partial charge in [-0.15, -0.1) is 23.5 Å². The molecule has 1 unspecified atom stereocenters. The summed E-state index contributed by atoms with van der Waals surface area (Å²) in [5.41, 5.74) is 0.328. The number of hydrogen-bond donors (Lipinski definition) is 2. The first-order valence-electron chi connectivity index (χ1n) is 2.71. The van der Waals surface area contributed by atoms with Crippen LogP contribution in [-0.2, 0) is 4.79 Å². The first-order chi connectivity index (χ1) is 4.72. The highest BCUT2D eigenvalue weighted by molar-refractivity contribution is 8.18. The molecule has 1 aliphatic rings. The molecule has 0 aliphatic carbocycles. The molecule has 56 valence electrons. The third-order valence-electron chi connectivity index (χ3n) is 1.12. The van der Waals surface area contributed by atoms with Gasteiger partial charge in [0, 0.05) is 16.5 Å². The molecule has 0 amide bonds. The second kappa shape index (κ2) is 3.30. The van der Waals surface area contributed by atoms with Gasteiger partial charge < -0.3 is 10.5 Å². The van der Waals surface area contributed by atoms with Crippen molar-refractivity contribution >= 4 is 35.2 Å². The number of rotatable bonds is 1. The van der Waals surface area contributed by atoms with E-state index in [2.05, 4.69) is 0 Å². The minimum Gasteiger partial charge on any atom is -0.480 e. The molecule has 1 saturated heterocycles. The van der Waals surface area contributed by atoms with E-state index >= 15 is 0 Å². The lowest BCUT2D eigenvalue weighted by Gasteiger charge is -2.17. The third-order valence-corrected chi connectivity index (χ3v) is 3.66. The predicted molar refractivity (Wildman–Crippen MR) is 44.1 cm³/mol. The van der Waals surface area contributed by atoms with E-state index in [1.165, 1.54) is 11.8 Å². The van der Waals surface area contributed by atoms with Crippen molar-refractivity contribution in [1.82, 2.24) is 0 Å². The molecule has 1 rings (SSSR count). The molecule has 3 nitrogen and oxygen atoms in total. The van der Waals surface area contributed by atoms with Crippen LogP contribution in [0.4, 0.5) is 0 Å². The summed E-state index contributed by atoms with van der Waals surface area (Å²) in [4.78, 5) is 10.4. The Labute approximate surface area is 67.1 Å². The molecule has 1 heterocycles. The average Bonchev–Trinajstić information content (AvgIpc) is 1.88. The van der Waals surface area contributed by atoms with Crippen molar-refractivity contribution in [3.05, 3.63) is 0 Å². The van der Waals surface area contributed by atoms with Gasteiger partial charge in [-0.25, -0.2) is 0 Å². The summed E-state index contributed by atoms with van der Waals surface area (Å²) in [6.07, 6.45) is 0. The SMILES string of the molecule is N=C1CSCSC1C(=O)O. The topological polar surface area (TPSA) is 61.2 Å². The van der Waals surface area contributed by atoms with Gasteiger partial charge in [0.1, 0.15) is 5.25 Å². The van der Waals surface area contributed by atoms with Gasteiger partial charge in [0.15, 0.2) is 0 Å². The van der Waals surface area contributed by atoms with Crippen LogP contribution in [0.25, 0.3) is 0 Å². The van der Waals surface area contributed by atoms with Crippen LogP contribution in [0.3, 0.4) is 0 Å². The van der Waals surface area contributed by atoms with Crippen LogP contribution in [0.1, 0.15) is 0 Å². The highest BCUT2D eigenvalue weighted by Gasteiger charge is 2.26. The van der Waals surface area contributed by atoms with Gasteiger partial charge in [0.25, 0.3) is 0 Å². The Balaban J connectivity index is 2.56. The Morgan fingerprint density at radius 3 is 2.90 bits per heavy atom. The highest BCUT2D eigenvalue weighted by atomic mass is 32.2. The summed E-state index contributed by atoms with van der Waals surface area (Å²) in [6.45, 7) is 0. The fourth-order valence-corrected chi connectivity index (χ4v) is 2.85. The second-order valence-electron chi connectivity index (χ2n) is 1.88. The van der Waals surface area contributed by atoms with E-state index in [0.29, 0.717) is 11.5 Å². The maximum Gasteiger partial charge on any atom is 0.322 e. The molecular formula is C5H7NO2S2. The maximum absolute atomic E-state index is 10.4. The standard InChI is InChI=1S/C5H7NO2S2/c6-3-1-9-2-10-4(3)5(7)8/h4,6H,1-2H2,(H,7,8). The van der Waals surface area contributed by atoms with Gasteiger partial charge in [-0.2, -0.15) is 0 Å². The van der Waals surface area contributed by atoms with Crippen molar-refractivity contribution in [3.63, 3.8) is 0 Å². The summed E-state index contributed by atoms with van der Waals surface area (Å²) < 4.78 is 0. The first-order valence-corrected chi connectivity index (χ1v) is 4.91. The molecule has 0 aromatic rings. The van der Waals surface area contributed by atoms with Crippen molar-refractivity contribution in [2.45, 2.75) is 5.25 Å². The average molecular weight is 177 g/mol. The van der Waals surface area contributed by atoms with E-state index in [9.17, 15) is 4.79 Å². The second-order valence-corrected chi connectivity index (χ2v) is 4.32. The summed E-state index contributed by atoms with van der Waals surface area (Å²) in [5, 5.41) is 16.0. The Morgan fingerprint density at radius 1 is 1.80 bits per heavy atom. The summed E-state index contributed by atoms with van der Waals surface area (Å²) >= 11 is 2.92. The lowest BCUT2D eigenvalue weighted by atomic mass is 10.3. The molecular weight excluding hydrogens is 170 g/mol. The summed E-state index contributed by atoms with van der Waals surface area (Å²) in [5.74, 6) is -0.306. The van der Waals surface area contributed by atoms with E-state index < -0.39 is 11.2 Å². The van der Waals surface area contributed by atoms with Crippen LogP contribution < -0.4 is 0 Å². The van der Waals surface area contributed by atoms with Crippen molar-refractivity contribution in [2.75, 3.05) is 10.8 Å². The molecule has 1 atom stereocenters. The van der Waals surface area contributed by atoms with Crippen LogP contribution in [0.2, 0.25) is 0 Å². The van der Waals surface area contributed by atoms with Crippen molar-refractivity contribution in [2.24, 2.45) is 0 Å². The molecule has 2 N–H and O–H groups in total. The number of thioether (sulfide) groups is 2. The predicted octanol–water partition coefficient (Wildman–Crippen LogP) is 0.897. The van der Waals surface area contributed by atoms with Crippen LogP contribution in [0, 0.1) is 5.41 Å². The summed E-state index contributed by atoms with van der Waals surface area (Å²) in [7, 11) is 0. The van der Waals surface area contributed by atoms with Gasteiger partial charge in [-0.3, -0.25) is 4.79 Å². The minimum absolute atomic E-state index is 0.328. The molecule has 5 heteroatoms. The lowest BCUT2D eigenvalue weighted by molar-refractivity contribution is -0.135. The van der Waals surface area contributed by atoms with E-state index in [0.717, 1.165) is 5.08 Å². The Morgan fingerprint density at radius 2 is 2.50 bits per heavy atom. The van der Waals surface area contributed by atoms with Gasteiger partial charge in [-0.05, 0) is 0 Å². The van der Waals surface area contributed by atoms with Crippen molar-refractivity contribution in [3.8, 4) is 0 Å². The number of carbonyl (C=O) groups is 1. The van der Waals surface area contributed by atoms with Crippen LogP contribution in [-0.4, -0.2) is 32.9 Å². The van der Waals surface area contributed by atoms with E-state index in [4.69, 9.17) is 10.5 Å². The normalized spacial score (nSPS) is 26.4. The van der Waals surface area contributed by atoms with Crippen LogP contribution in [0.5, 0.6) is 0 Å². The van der Waals surface area contributed by atoms with Gasteiger partial charge in [-0.1, -0.05) is 0 Å². The fraction of sp³-hybridized carbons (Fsp3) is 0.600. The van der Waals surface area contributed by atoms with Crippen LogP contribution in [0.15, 0.2) is 0 Å². The molecule has 10 heavy (non-hydrogen) atoms. The molecule has 0 spiro atoms. The monoisotopic (exact) mass is 177 g/mol. The van der Waals surface area contributed by atoms with E-state index in [1.807, 2.05) is 0 Å². The molecule has 0 aromatic heterocycles. The maximum atomic E-state index is 10.4. The quantitative estimate of drug-likeness (QED) is 0.624. The molecule has 0 bridgehead atoms. The zero-order valence-electron chi connectivity index (χ0n) is 5.16. The molecule has 1 fully saturated rings. The number of aliphatic carboxylic acids is 1. The third kappa shape index (κ3) is 1.67. The number of carboxylic acid groups (broad SMARTS) is 1. The van der Waals surface area contributed by atoms with Gasteiger partial charge >= 0.3 is 5.97 Å². The molecule has 1 aliphatic heterocycles. The largest absolute Gasteiger partial charge is 0.480 e. The Bertz CT molecular complexity index is 171. The van der Waals surface area contributed by atoms with Gasteiger partial charge in [0.05, 0.1) is 0 Å². The highest BCUT2D eigenvalue weighted by Crippen LogP contribution is 2.25. The Hall–Kier alpha value is -0.160.